The molecule has 0 spiro atoms. The minimum absolute atomic E-state index is 0.343. The summed E-state index contributed by atoms with van der Waals surface area (Å²) in [5.74, 6) is -1.21. The van der Waals surface area contributed by atoms with Crippen LogP contribution in [0.2, 0.25) is 0 Å². The molecule has 0 saturated heterocycles. The molecule has 16 heavy (non-hydrogen) atoms. The summed E-state index contributed by atoms with van der Waals surface area (Å²) < 4.78 is 34.8. The van der Waals surface area contributed by atoms with Crippen LogP contribution in [0.25, 0.3) is 0 Å². The van der Waals surface area contributed by atoms with E-state index in [4.69, 9.17) is 4.55 Å². The highest BCUT2D eigenvalue weighted by Gasteiger charge is 2.09. The van der Waals surface area contributed by atoms with Gasteiger partial charge in [0, 0.05) is 3.57 Å². The number of ether oxygens (including phenoxy) is 1. The Kier molecular flexibility index (Phi) is 4.69. The number of hydrogen-bond acceptors (Lipinski definition) is 4. The molecule has 0 unspecified atom stereocenters. The number of rotatable bonds is 4. The van der Waals surface area contributed by atoms with Gasteiger partial charge in [-0.2, -0.15) is 8.42 Å². The maximum Gasteiger partial charge on any atom is 0.338 e. The van der Waals surface area contributed by atoms with Crippen LogP contribution >= 0.6 is 22.6 Å². The van der Waals surface area contributed by atoms with Crippen LogP contribution in [0.5, 0.6) is 0 Å². The SMILES string of the molecule is O=C(OCCS(=O)(=O)O)c1ccc(I)cc1. The Hall–Kier alpha value is -0.670. The van der Waals surface area contributed by atoms with Gasteiger partial charge in [-0.15, -0.1) is 0 Å². The molecule has 1 N–H and O–H groups in total. The monoisotopic (exact) mass is 356 g/mol. The maximum atomic E-state index is 11.3. The summed E-state index contributed by atoms with van der Waals surface area (Å²) in [6.45, 7) is -0.357. The molecule has 0 aliphatic rings. The lowest BCUT2D eigenvalue weighted by molar-refractivity contribution is 0.0528. The molecule has 0 atom stereocenters. The normalized spacial score (nSPS) is 11.1. The van der Waals surface area contributed by atoms with Crippen molar-refractivity contribution >= 4 is 38.7 Å². The van der Waals surface area contributed by atoms with Crippen LogP contribution in [0.4, 0.5) is 0 Å². The van der Waals surface area contributed by atoms with Gasteiger partial charge in [-0.3, -0.25) is 4.55 Å². The number of hydrogen-bond donors (Lipinski definition) is 1. The molecule has 88 valence electrons. The third-order valence-corrected chi connectivity index (χ3v) is 3.06. The first-order valence-corrected chi connectivity index (χ1v) is 6.95. The number of benzene rings is 1. The van der Waals surface area contributed by atoms with E-state index in [1.54, 1.807) is 24.3 Å². The van der Waals surface area contributed by atoms with E-state index in [0.29, 0.717) is 5.56 Å². The molecule has 0 amide bonds. The number of halogens is 1. The lowest BCUT2D eigenvalue weighted by Gasteiger charge is -2.03. The van der Waals surface area contributed by atoms with E-state index in [2.05, 4.69) is 27.3 Å². The van der Waals surface area contributed by atoms with Gasteiger partial charge in [-0.05, 0) is 46.9 Å². The zero-order chi connectivity index (χ0) is 12.2. The van der Waals surface area contributed by atoms with E-state index in [9.17, 15) is 13.2 Å². The van der Waals surface area contributed by atoms with Crippen LogP contribution in [0.3, 0.4) is 0 Å². The molecule has 1 rings (SSSR count). The standard InChI is InChI=1S/C9H9IO5S/c10-8-3-1-7(2-4-8)9(11)15-5-6-16(12,13)14/h1-4H,5-6H2,(H,12,13,14). The van der Waals surface area contributed by atoms with Gasteiger partial charge in [-0.25, -0.2) is 4.79 Å². The fourth-order valence-corrected chi connectivity index (χ4v) is 1.56. The average molecular weight is 356 g/mol. The number of carbonyl (C=O) groups excluding carboxylic acids is 1. The van der Waals surface area contributed by atoms with Gasteiger partial charge in [-0.1, -0.05) is 0 Å². The second-order valence-electron chi connectivity index (χ2n) is 2.93. The molecule has 1 aromatic rings. The Balaban J connectivity index is 2.50. The molecule has 0 aliphatic heterocycles. The van der Waals surface area contributed by atoms with Gasteiger partial charge in [0.25, 0.3) is 10.1 Å². The Morgan fingerprint density at radius 2 is 1.88 bits per heavy atom. The average Bonchev–Trinajstić information content (AvgIpc) is 2.16. The number of esters is 1. The van der Waals surface area contributed by atoms with Gasteiger partial charge in [0.05, 0.1) is 5.56 Å². The molecule has 5 nitrogen and oxygen atoms in total. The van der Waals surface area contributed by atoms with E-state index in [1.807, 2.05) is 0 Å². The molecule has 0 radical (unpaired) electrons. The highest BCUT2D eigenvalue weighted by atomic mass is 127. The predicted octanol–water partition coefficient (Wildman–Crippen LogP) is 1.34. The Bertz CT molecular complexity index is 465. The molecule has 0 fully saturated rings. The summed E-state index contributed by atoms with van der Waals surface area (Å²) >= 11 is 2.09. The fourth-order valence-electron chi connectivity index (χ4n) is 0.909. The summed E-state index contributed by atoms with van der Waals surface area (Å²) in [5, 5.41) is 0. The van der Waals surface area contributed by atoms with E-state index < -0.39 is 21.8 Å². The summed E-state index contributed by atoms with van der Waals surface area (Å²) in [6, 6.07) is 6.63. The van der Waals surface area contributed by atoms with Crippen molar-refractivity contribution in [1.29, 1.82) is 0 Å². The number of carbonyl (C=O) groups is 1. The van der Waals surface area contributed by atoms with Crippen LogP contribution in [0.15, 0.2) is 24.3 Å². The molecule has 7 heteroatoms. The van der Waals surface area contributed by atoms with Gasteiger partial charge in [0.1, 0.15) is 12.4 Å². The van der Waals surface area contributed by atoms with E-state index in [1.165, 1.54) is 0 Å². The van der Waals surface area contributed by atoms with Crippen molar-refractivity contribution in [2.24, 2.45) is 0 Å². The molecular weight excluding hydrogens is 347 g/mol. The van der Waals surface area contributed by atoms with Crippen molar-refractivity contribution in [2.75, 3.05) is 12.4 Å². The third-order valence-electron chi connectivity index (χ3n) is 1.65. The van der Waals surface area contributed by atoms with E-state index in [0.717, 1.165) is 3.57 Å². The van der Waals surface area contributed by atoms with Crippen molar-refractivity contribution in [3.05, 3.63) is 33.4 Å². The van der Waals surface area contributed by atoms with E-state index >= 15 is 0 Å². The maximum absolute atomic E-state index is 11.3. The minimum atomic E-state index is -4.09. The first kappa shape index (κ1) is 13.4. The van der Waals surface area contributed by atoms with Crippen molar-refractivity contribution < 1.29 is 22.5 Å². The van der Waals surface area contributed by atoms with Crippen LogP contribution in [-0.2, 0) is 14.9 Å². The molecule has 1 aromatic carbocycles. The topological polar surface area (TPSA) is 80.7 Å². The second-order valence-corrected chi connectivity index (χ2v) is 5.75. The van der Waals surface area contributed by atoms with E-state index in [-0.39, 0.29) is 6.61 Å². The zero-order valence-electron chi connectivity index (χ0n) is 8.09. The Morgan fingerprint density at radius 3 is 2.38 bits per heavy atom. The molecule has 0 saturated carbocycles. The summed E-state index contributed by atoms with van der Waals surface area (Å²) in [6.07, 6.45) is 0. The van der Waals surface area contributed by atoms with Gasteiger partial charge in [0.2, 0.25) is 0 Å². The highest BCUT2D eigenvalue weighted by Crippen LogP contribution is 2.07. The molecule has 0 heterocycles. The highest BCUT2D eigenvalue weighted by molar-refractivity contribution is 14.1. The quantitative estimate of drug-likeness (QED) is 0.500. The zero-order valence-corrected chi connectivity index (χ0v) is 11.1. The molecule has 0 aliphatic carbocycles. The Morgan fingerprint density at radius 1 is 1.31 bits per heavy atom. The second kappa shape index (κ2) is 5.60. The van der Waals surface area contributed by atoms with Crippen molar-refractivity contribution in [2.45, 2.75) is 0 Å². The van der Waals surface area contributed by atoms with Crippen molar-refractivity contribution in [3.63, 3.8) is 0 Å². The lowest BCUT2D eigenvalue weighted by atomic mass is 10.2. The first-order chi connectivity index (χ1) is 7.38. The fraction of sp³-hybridized carbons (Fsp3) is 0.222. The van der Waals surface area contributed by atoms with Crippen molar-refractivity contribution in [3.8, 4) is 0 Å². The Labute approximate surface area is 107 Å². The lowest BCUT2D eigenvalue weighted by Crippen LogP contribution is -2.14. The van der Waals surface area contributed by atoms with Crippen LogP contribution in [0.1, 0.15) is 10.4 Å². The van der Waals surface area contributed by atoms with Crippen LogP contribution < -0.4 is 0 Å². The summed E-state index contributed by atoms with van der Waals surface area (Å²) in [7, 11) is -4.09. The minimum Gasteiger partial charge on any atom is -0.461 e. The smallest absolute Gasteiger partial charge is 0.338 e. The van der Waals surface area contributed by atoms with Crippen LogP contribution in [0, 0.1) is 3.57 Å². The summed E-state index contributed by atoms with van der Waals surface area (Å²) in [5.41, 5.74) is 0.343. The first-order valence-electron chi connectivity index (χ1n) is 4.26. The van der Waals surface area contributed by atoms with Gasteiger partial charge in [0.15, 0.2) is 0 Å². The predicted molar refractivity (Wildman–Crippen MR) is 65.9 cm³/mol. The summed E-state index contributed by atoms with van der Waals surface area (Å²) in [4.78, 5) is 11.3. The van der Waals surface area contributed by atoms with Gasteiger partial charge < -0.3 is 4.74 Å². The van der Waals surface area contributed by atoms with Crippen LogP contribution in [-0.4, -0.2) is 31.3 Å². The van der Waals surface area contributed by atoms with Gasteiger partial charge >= 0.3 is 5.97 Å². The molecule has 0 bridgehead atoms. The third kappa shape index (κ3) is 4.90. The largest absolute Gasteiger partial charge is 0.461 e. The van der Waals surface area contributed by atoms with Crippen molar-refractivity contribution in [1.82, 2.24) is 0 Å². The molecular formula is C9H9IO5S. The molecule has 0 aromatic heterocycles.